The van der Waals surface area contributed by atoms with Gasteiger partial charge in [-0.3, -0.25) is 10.2 Å². The Morgan fingerprint density at radius 3 is 2.33 bits per heavy atom. The van der Waals surface area contributed by atoms with Crippen molar-refractivity contribution in [2.45, 2.75) is 20.4 Å². The minimum atomic E-state index is -1.09. The molecule has 0 bridgehead atoms. The van der Waals surface area contributed by atoms with Crippen LogP contribution in [0.25, 0.3) is 11.1 Å². The number of nitrogens with one attached hydrogen (secondary N) is 3. The maximum absolute atomic E-state index is 12.4. The maximum atomic E-state index is 12.4. The average Bonchev–Trinajstić information content (AvgIpc) is 2.81. The number of rotatable bonds is 9. The summed E-state index contributed by atoms with van der Waals surface area (Å²) in [5.74, 6) is -1.05. The fourth-order valence-electron chi connectivity index (χ4n) is 3.33. The van der Waals surface area contributed by atoms with Crippen molar-refractivity contribution in [3.63, 3.8) is 0 Å². The lowest BCUT2D eigenvalue weighted by atomic mass is 9.96. The van der Waals surface area contributed by atoms with E-state index in [1.54, 1.807) is 24.3 Å². The molecule has 7 heteroatoms. The molecule has 0 saturated heterocycles. The molecule has 0 heterocycles. The quantitative estimate of drug-likeness (QED) is 0.248. The van der Waals surface area contributed by atoms with Crippen LogP contribution in [0.15, 0.2) is 66.7 Å². The molecule has 1 amide bonds. The summed E-state index contributed by atoms with van der Waals surface area (Å²) in [4.78, 5) is 24.3. The monoisotopic (exact) mass is 444 g/mol. The molecule has 0 radical (unpaired) electrons. The highest BCUT2D eigenvalue weighted by Crippen LogP contribution is 2.26. The zero-order valence-corrected chi connectivity index (χ0v) is 18.7. The van der Waals surface area contributed by atoms with E-state index < -0.39 is 5.97 Å². The van der Waals surface area contributed by atoms with E-state index in [0.29, 0.717) is 35.7 Å². The maximum Gasteiger partial charge on any atom is 0.336 e. The molecule has 6 N–H and O–H groups in total. The Kier molecular flexibility index (Phi) is 7.46. The minimum absolute atomic E-state index is 0.0203. The van der Waals surface area contributed by atoms with Crippen LogP contribution in [0.3, 0.4) is 0 Å². The highest BCUT2D eigenvalue weighted by molar-refractivity contribution is 6.01. The molecule has 0 unspecified atom stereocenters. The van der Waals surface area contributed by atoms with Crippen LogP contribution in [0.4, 0.5) is 5.69 Å². The fraction of sp³-hybridized carbons (Fsp3) is 0.192. The Hall–Kier alpha value is -4.13. The molecule has 3 rings (SSSR count). The van der Waals surface area contributed by atoms with Crippen molar-refractivity contribution < 1.29 is 14.7 Å². The molecule has 0 saturated carbocycles. The third-order valence-corrected chi connectivity index (χ3v) is 5.11. The van der Waals surface area contributed by atoms with Gasteiger partial charge in [0.2, 0.25) is 0 Å². The molecule has 170 valence electrons. The predicted molar refractivity (Wildman–Crippen MR) is 131 cm³/mol. The van der Waals surface area contributed by atoms with Crippen molar-refractivity contribution in [2.75, 3.05) is 11.9 Å². The van der Waals surface area contributed by atoms with E-state index in [9.17, 15) is 14.7 Å². The average molecular weight is 445 g/mol. The first kappa shape index (κ1) is 23.5. The van der Waals surface area contributed by atoms with Crippen molar-refractivity contribution in [3.8, 4) is 11.1 Å². The molecule has 0 aliphatic heterocycles. The molecule has 0 aliphatic carbocycles. The van der Waals surface area contributed by atoms with E-state index in [2.05, 4.69) is 10.6 Å². The number of hydrogen-bond acceptors (Lipinski definition) is 4. The van der Waals surface area contributed by atoms with Crippen molar-refractivity contribution in [2.24, 2.45) is 11.7 Å². The number of nitrogens with two attached hydrogens (primary N) is 1. The zero-order chi connectivity index (χ0) is 24.0. The van der Waals surface area contributed by atoms with Crippen molar-refractivity contribution in [1.29, 1.82) is 5.41 Å². The molecule has 3 aromatic rings. The van der Waals surface area contributed by atoms with Crippen LogP contribution in [-0.2, 0) is 6.54 Å². The summed E-state index contributed by atoms with van der Waals surface area (Å²) < 4.78 is 0. The number of carbonyl (C=O) groups is 2. The second-order valence-corrected chi connectivity index (χ2v) is 8.21. The number of anilines is 1. The molecule has 3 aromatic carbocycles. The molecular weight excluding hydrogens is 416 g/mol. The van der Waals surface area contributed by atoms with Crippen molar-refractivity contribution in [3.05, 3.63) is 89.0 Å². The predicted octanol–water partition coefficient (Wildman–Crippen LogP) is 4.33. The number of amidine groups is 1. The van der Waals surface area contributed by atoms with Gasteiger partial charge in [0.15, 0.2) is 0 Å². The number of aromatic carboxylic acids is 1. The van der Waals surface area contributed by atoms with Crippen molar-refractivity contribution >= 4 is 23.4 Å². The Labute approximate surface area is 193 Å². The van der Waals surface area contributed by atoms with Crippen molar-refractivity contribution in [1.82, 2.24) is 5.32 Å². The largest absolute Gasteiger partial charge is 0.478 e. The van der Waals surface area contributed by atoms with Gasteiger partial charge in [0.05, 0.1) is 5.56 Å². The summed E-state index contributed by atoms with van der Waals surface area (Å²) in [7, 11) is 0. The summed E-state index contributed by atoms with van der Waals surface area (Å²) in [5, 5.41) is 23.4. The van der Waals surface area contributed by atoms with Gasteiger partial charge in [-0.15, -0.1) is 0 Å². The summed E-state index contributed by atoms with van der Waals surface area (Å²) in [6.07, 6.45) is 0. The number of carboxylic acid groups (broad SMARTS) is 1. The summed E-state index contributed by atoms with van der Waals surface area (Å²) in [5.41, 5.74) is 9.71. The number of nitrogen functional groups attached to an aromatic ring is 1. The van der Waals surface area contributed by atoms with Gasteiger partial charge in [-0.2, -0.15) is 0 Å². The number of carbonyl (C=O) groups excluding carboxylic acids is 1. The SMILES string of the molecule is CC(C)CNC(=O)c1ccc(-c2cccc(CNc3ccc(C(=N)N)cc3)c2)c(C(=O)O)c1. The second kappa shape index (κ2) is 10.5. The lowest BCUT2D eigenvalue weighted by Crippen LogP contribution is -2.27. The number of hydrogen-bond donors (Lipinski definition) is 5. The van der Waals surface area contributed by atoms with E-state index in [-0.39, 0.29) is 17.3 Å². The number of benzene rings is 3. The molecule has 0 aromatic heterocycles. The highest BCUT2D eigenvalue weighted by atomic mass is 16.4. The summed E-state index contributed by atoms with van der Waals surface area (Å²) >= 11 is 0. The van der Waals surface area contributed by atoms with Gasteiger partial charge in [0, 0.05) is 29.9 Å². The van der Waals surface area contributed by atoms with Crippen LogP contribution in [0, 0.1) is 11.3 Å². The van der Waals surface area contributed by atoms with E-state index in [0.717, 1.165) is 16.8 Å². The first-order chi connectivity index (χ1) is 15.7. The van der Waals surface area contributed by atoms with Gasteiger partial charge in [0.25, 0.3) is 5.91 Å². The Bertz CT molecular complexity index is 1170. The topological polar surface area (TPSA) is 128 Å². The van der Waals surface area contributed by atoms with Crippen LogP contribution in [0.1, 0.15) is 45.7 Å². The number of amides is 1. The lowest BCUT2D eigenvalue weighted by Gasteiger charge is -2.12. The lowest BCUT2D eigenvalue weighted by molar-refractivity contribution is 0.0697. The molecule has 0 aliphatic rings. The molecule has 7 nitrogen and oxygen atoms in total. The van der Waals surface area contributed by atoms with Gasteiger partial charge >= 0.3 is 5.97 Å². The second-order valence-electron chi connectivity index (χ2n) is 8.21. The Morgan fingerprint density at radius 1 is 1.00 bits per heavy atom. The molecule has 33 heavy (non-hydrogen) atoms. The normalized spacial score (nSPS) is 10.6. The first-order valence-corrected chi connectivity index (χ1v) is 10.7. The van der Waals surface area contributed by atoms with Crippen LogP contribution in [0.2, 0.25) is 0 Å². The van der Waals surface area contributed by atoms with Gasteiger partial charge in [-0.1, -0.05) is 38.1 Å². The number of carboxylic acids is 1. The molecule has 0 spiro atoms. The van der Waals surface area contributed by atoms with Crippen LogP contribution in [0.5, 0.6) is 0 Å². The highest BCUT2D eigenvalue weighted by Gasteiger charge is 2.16. The van der Waals surface area contributed by atoms with E-state index in [1.165, 1.54) is 6.07 Å². The molecular formula is C26H28N4O3. The van der Waals surface area contributed by atoms with E-state index in [1.807, 2.05) is 50.2 Å². The van der Waals surface area contributed by atoms with E-state index in [4.69, 9.17) is 11.1 Å². The smallest absolute Gasteiger partial charge is 0.336 e. The molecule has 0 atom stereocenters. The van der Waals surface area contributed by atoms with Crippen LogP contribution in [-0.4, -0.2) is 29.4 Å². The zero-order valence-electron chi connectivity index (χ0n) is 18.7. The fourth-order valence-corrected chi connectivity index (χ4v) is 3.33. The van der Waals surface area contributed by atoms with Crippen LogP contribution >= 0.6 is 0 Å². The van der Waals surface area contributed by atoms with Gasteiger partial charge in [0.1, 0.15) is 5.84 Å². The Morgan fingerprint density at radius 2 is 1.70 bits per heavy atom. The first-order valence-electron chi connectivity index (χ1n) is 10.7. The van der Waals surface area contributed by atoms with Gasteiger partial charge < -0.3 is 21.5 Å². The third-order valence-electron chi connectivity index (χ3n) is 5.11. The molecule has 0 fully saturated rings. The van der Waals surface area contributed by atoms with E-state index >= 15 is 0 Å². The van der Waals surface area contributed by atoms with Crippen LogP contribution < -0.4 is 16.4 Å². The minimum Gasteiger partial charge on any atom is -0.478 e. The van der Waals surface area contributed by atoms with Gasteiger partial charge in [-0.25, -0.2) is 4.79 Å². The summed E-state index contributed by atoms with van der Waals surface area (Å²) in [6, 6.07) is 19.6. The Balaban J connectivity index is 1.80. The van der Waals surface area contributed by atoms with Gasteiger partial charge in [-0.05, 0) is 65.1 Å². The standard InChI is InChI=1S/C26H28N4O3/c1-16(2)14-30-25(31)20-8-11-22(23(13-20)26(32)33)19-5-3-4-17(12-19)15-29-21-9-6-18(7-10-21)24(27)28/h3-13,16,29H,14-15H2,1-2H3,(H3,27,28)(H,30,31)(H,32,33). The third kappa shape index (κ3) is 6.20. The summed E-state index contributed by atoms with van der Waals surface area (Å²) in [6.45, 7) is 5.05.